The highest BCUT2D eigenvalue weighted by atomic mass is 32.2. The van der Waals surface area contributed by atoms with Gasteiger partial charge in [0.05, 0.1) is 9.82 Å². The second kappa shape index (κ2) is 6.31. The van der Waals surface area contributed by atoms with E-state index in [4.69, 9.17) is 0 Å². The molecule has 0 aliphatic rings. The Morgan fingerprint density at radius 1 is 1.45 bits per heavy atom. The van der Waals surface area contributed by atoms with E-state index in [0.717, 1.165) is 12.3 Å². The second-order valence-electron chi connectivity index (χ2n) is 4.40. The molecule has 0 heterocycles. The van der Waals surface area contributed by atoms with Crippen LogP contribution in [0.15, 0.2) is 23.1 Å². The van der Waals surface area contributed by atoms with Crippen LogP contribution in [0.5, 0.6) is 0 Å². The minimum absolute atomic E-state index is 0.109. The summed E-state index contributed by atoms with van der Waals surface area (Å²) in [5.41, 5.74) is -0.110. The normalized spacial score (nSPS) is 14.6. The number of sulfone groups is 1. The monoisotopic (exact) mass is 320 g/mol. The third-order valence-corrected chi connectivity index (χ3v) is 5.15. The maximum atomic E-state index is 11.4. The molecule has 9 heteroatoms. The molecule has 0 radical (unpaired) electrons. The molecule has 7 nitrogen and oxygen atoms in total. The van der Waals surface area contributed by atoms with E-state index in [1.807, 2.05) is 0 Å². The lowest BCUT2D eigenvalue weighted by atomic mass is 10.2. The van der Waals surface area contributed by atoms with Crippen LogP contribution in [0.2, 0.25) is 0 Å². The minimum Gasteiger partial charge on any atom is -0.378 e. The molecule has 2 unspecified atom stereocenters. The van der Waals surface area contributed by atoms with Gasteiger partial charge < -0.3 is 5.32 Å². The zero-order valence-electron chi connectivity index (χ0n) is 11.3. The predicted molar refractivity (Wildman–Crippen MR) is 78.2 cm³/mol. The number of nitro benzene ring substituents is 1. The van der Waals surface area contributed by atoms with E-state index < -0.39 is 25.6 Å². The Hall–Kier alpha value is -1.48. The standard InChI is InChI=1S/C11H16N2O5S2/c1-8(19(2)16)7-12-10-5-4-9(20(3,17)18)6-11(10)13(14)15/h4-6,8,12H,7H2,1-3H3. The van der Waals surface area contributed by atoms with E-state index in [9.17, 15) is 22.7 Å². The molecule has 0 fully saturated rings. The highest BCUT2D eigenvalue weighted by Gasteiger charge is 2.19. The fraction of sp³-hybridized carbons (Fsp3) is 0.455. The molecule has 1 aromatic carbocycles. The minimum atomic E-state index is -3.50. The largest absolute Gasteiger partial charge is 0.378 e. The molecule has 0 amide bonds. The van der Waals surface area contributed by atoms with Crippen LogP contribution >= 0.6 is 0 Å². The third-order valence-electron chi connectivity index (χ3n) is 2.74. The zero-order chi connectivity index (χ0) is 15.5. The summed E-state index contributed by atoms with van der Waals surface area (Å²) >= 11 is 0. The maximum Gasteiger partial charge on any atom is 0.293 e. The molecular formula is C11H16N2O5S2. The van der Waals surface area contributed by atoms with Crippen LogP contribution in [0.4, 0.5) is 11.4 Å². The van der Waals surface area contributed by atoms with Crippen molar-refractivity contribution in [3.05, 3.63) is 28.3 Å². The number of nitrogens with one attached hydrogen (secondary N) is 1. The van der Waals surface area contributed by atoms with Crippen molar-refractivity contribution in [2.45, 2.75) is 17.1 Å². The molecular weight excluding hydrogens is 304 g/mol. The van der Waals surface area contributed by atoms with Crippen molar-refractivity contribution in [1.29, 1.82) is 0 Å². The summed E-state index contributed by atoms with van der Waals surface area (Å²) in [6.07, 6.45) is 2.54. The molecule has 0 saturated heterocycles. The van der Waals surface area contributed by atoms with Crippen molar-refractivity contribution in [3.8, 4) is 0 Å². The lowest BCUT2D eigenvalue weighted by Crippen LogP contribution is -2.21. The van der Waals surface area contributed by atoms with Crippen LogP contribution in [-0.4, -0.2) is 41.9 Å². The number of nitro groups is 1. The Bertz CT molecular complexity index is 642. The number of benzene rings is 1. The summed E-state index contributed by atoms with van der Waals surface area (Å²) in [4.78, 5) is 10.2. The van der Waals surface area contributed by atoms with E-state index in [0.29, 0.717) is 6.54 Å². The van der Waals surface area contributed by atoms with Crippen LogP contribution < -0.4 is 5.32 Å². The van der Waals surface area contributed by atoms with Crippen molar-refractivity contribution in [3.63, 3.8) is 0 Å². The fourth-order valence-electron chi connectivity index (χ4n) is 1.41. The van der Waals surface area contributed by atoms with E-state index in [1.165, 1.54) is 12.1 Å². The Morgan fingerprint density at radius 3 is 2.50 bits per heavy atom. The van der Waals surface area contributed by atoms with Crippen LogP contribution in [0.3, 0.4) is 0 Å². The first kappa shape index (κ1) is 16.6. The van der Waals surface area contributed by atoms with Gasteiger partial charge in [-0.05, 0) is 19.1 Å². The quantitative estimate of drug-likeness (QED) is 0.623. The molecule has 2 atom stereocenters. The van der Waals surface area contributed by atoms with E-state index in [2.05, 4.69) is 5.32 Å². The summed E-state index contributed by atoms with van der Waals surface area (Å²) in [7, 11) is -4.55. The highest BCUT2D eigenvalue weighted by Crippen LogP contribution is 2.27. The van der Waals surface area contributed by atoms with Crippen molar-refractivity contribution in [2.75, 3.05) is 24.4 Å². The van der Waals surface area contributed by atoms with Crippen LogP contribution in [0.25, 0.3) is 0 Å². The Labute approximate surface area is 119 Å². The first-order valence-electron chi connectivity index (χ1n) is 5.67. The molecule has 20 heavy (non-hydrogen) atoms. The van der Waals surface area contributed by atoms with Gasteiger partial charge in [0.2, 0.25) is 0 Å². The maximum absolute atomic E-state index is 11.4. The van der Waals surface area contributed by atoms with Gasteiger partial charge in [0.15, 0.2) is 9.84 Å². The second-order valence-corrected chi connectivity index (χ2v) is 8.22. The van der Waals surface area contributed by atoms with Crippen LogP contribution in [-0.2, 0) is 20.6 Å². The van der Waals surface area contributed by atoms with Crippen LogP contribution in [0.1, 0.15) is 6.92 Å². The van der Waals surface area contributed by atoms with Gasteiger partial charge in [-0.1, -0.05) is 0 Å². The molecule has 0 saturated carbocycles. The van der Waals surface area contributed by atoms with E-state index in [1.54, 1.807) is 13.2 Å². The van der Waals surface area contributed by atoms with Crippen molar-refractivity contribution < 1.29 is 17.6 Å². The summed E-state index contributed by atoms with van der Waals surface area (Å²) in [6, 6.07) is 3.67. The molecule has 0 aliphatic heterocycles. The van der Waals surface area contributed by atoms with Crippen LogP contribution in [0, 0.1) is 10.1 Å². The molecule has 0 spiro atoms. The summed E-state index contributed by atoms with van der Waals surface area (Å²) < 4.78 is 34.0. The number of anilines is 1. The van der Waals surface area contributed by atoms with Gasteiger partial charge in [-0.15, -0.1) is 0 Å². The molecule has 1 aromatic rings. The van der Waals surface area contributed by atoms with Crippen molar-refractivity contribution in [1.82, 2.24) is 0 Å². The Morgan fingerprint density at radius 2 is 2.05 bits per heavy atom. The molecule has 0 aliphatic carbocycles. The number of hydrogen-bond donors (Lipinski definition) is 1. The topological polar surface area (TPSA) is 106 Å². The third kappa shape index (κ3) is 4.27. The van der Waals surface area contributed by atoms with Crippen molar-refractivity contribution >= 4 is 32.0 Å². The fourth-order valence-corrected chi connectivity index (χ4v) is 2.37. The zero-order valence-corrected chi connectivity index (χ0v) is 13.0. The number of hydrogen-bond acceptors (Lipinski definition) is 6. The molecule has 0 bridgehead atoms. The van der Waals surface area contributed by atoms with Gasteiger partial charge in [0, 0.05) is 41.2 Å². The van der Waals surface area contributed by atoms with Gasteiger partial charge in [-0.3, -0.25) is 14.3 Å². The Kier molecular flexibility index (Phi) is 5.23. The highest BCUT2D eigenvalue weighted by molar-refractivity contribution is 7.90. The molecule has 1 rings (SSSR count). The van der Waals surface area contributed by atoms with Gasteiger partial charge in [0.1, 0.15) is 5.69 Å². The lowest BCUT2D eigenvalue weighted by Gasteiger charge is -2.11. The van der Waals surface area contributed by atoms with Gasteiger partial charge >= 0.3 is 0 Å². The first-order chi connectivity index (χ1) is 9.12. The first-order valence-corrected chi connectivity index (χ1v) is 9.18. The lowest BCUT2D eigenvalue weighted by molar-refractivity contribution is -0.384. The summed E-state index contributed by atoms with van der Waals surface area (Å²) in [5.74, 6) is 0. The van der Waals surface area contributed by atoms with Gasteiger partial charge in [-0.2, -0.15) is 0 Å². The smallest absolute Gasteiger partial charge is 0.293 e. The van der Waals surface area contributed by atoms with Crippen molar-refractivity contribution in [2.24, 2.45) is 0 Å². The Balaban J connectivity index is 3.09. The summed E-state index contributed by atoms with van der Waals surface area (Å²) in [6.45, 7) is 2.04. The van der Waals surface area contributed by atoms with Gasteiger partial charge in [-0.25, -0.2) is 8.42 Å². The summed E-state index contributed by atoms with van der Waals surface area (Å²) in [5, 5.41) is 13.6. The molecule has 0 aromatic heterocycles. The van der Waals surface area contributed by atoms with E-state index >= 15 is 0 Å². The molecule has 1 N–H and O–H groups in total. The van der Waals surface area contributed by atoms with Gasteiger partial charge in [0.25, 0.3) is 5.69 Å². The number of nitrogens with zero attached hydrogens (tertiary/aromatic N) is 1. The SMILES string of the molecule is CC(CNc1ccc(S(C)(=O)=O)cc1[N+](=O)[O-])S(C)=O. The molecule has 112 valence electrons. The van der Waals surface area contributed by atoms with E-state index in [-0.39, 0.29) is 21.5 Å². The average molecular weight is 320 g/mol. The number of rotatable bonds is 6. The predicted octanol–water partition coefficient (Wildman–Crippen LogP) is 1.18. The average Bonchev–Trinajstić information content (AvgIpc) is 2.34.